The van der Waals surface area contributed by atoms with Crippen molar-refractivity contribution >= 4 is 11.8 Å². The van der Waals surface area contributed by atoms with Gasteiger partial charge in [0.25, 0.3) is 0 Å². The van der Waals surface area contributed by atoms with Crippen LogP contribution < -0.4 is 10.2 Å². The Morgan fingerprint density at radius 2 is 1.65 bits per heavy atom. The van der Waals surface area contributed by atoms with Crippen LogP contribution in [0.5, 0.6) is 0 Å². The number of piperidine rings is 1. The third-order valence-electron chi connectivity index (χ3n) is 6.08. The highest BCUT2D eigenvalue weighted by Gasteiger charge is 2.40. The van der Waals surface area contributed by atoms with Gasteiger partial charge in [-0.25, -0.2) is 4.79 Å². The number of nitrogens with zero attached hydrogens (tertiary/aromatic N) is 1. The lowest BCUT2D eigenvalue weighted by molar-refractivity contribution is 0.193. The molecule has 0 radical (unpaired) electrons. The fourth-order valence-corrected chi connectivity index (χ4v) is 4.73. The Hall–Kier alpha value is -2.33. The van der Waals surface area contributed by atoms with Crippen molar-refractivity contribution in [2.75, 3.05) is 24.5 Å². The highest BCUT2D eigenvalue weighted by molar-refractivity contribution is 5.87. The first-order valence-electron chi connectivity index (χ1n) is 9.55. The summed E-state index contributed by atoms with van der Waals surface area (Å²) in [5.74, 6) is 1.69. The maximum atomic E-state index is 12.1. The zero-order valence-electron chi connectivity index (χ0n) is 15.0. The average molecular weight is 350 g/mol. The number of carbonyl (C=O) groups is 1. The molecule has 26 heavy (non-hydrogen) atoms. The molecule has 1 aliphatic heterocycles. The van der Waals surface area contributed by atoms with Crippen LogP contribution in [0.4, 0.5) is 10.5 Å². The molecule has 2 N–H and O–H groups in total. The summed E-state index contributed by atoms with van der Waals surface area (Å²) in [6.45, 7) is 2.67. The third-order valence-corrected chi connectivity index (χ3v) is 6.08. The van der Waals surface area contributed by atoms with Crippen LogP contribution in [-0.4, -0.2) is 30.8 Å². The van der Waals surface area contributed by atoms with Crippen LogP contribution in [0.1, 0.15) is 24.0 Å². The first-order valence-corrected chi connectivity index (χ1v) is 9.55. The molecule has 1 saturated carbocycles. The van der Waals surface area contributed by atoms with Gasteiger partial charge in [-0.3, -0.25) is 4.90 Å². The van der Waals surface area contributed by atoms with Crippen molar-refractivity contribution in [3.8, 4) is 0 Å². The van der Waals surface area contributed by atoms with Crippen molar-refractivity contribution in [1.29, 1.82) is 0 Å². The van der Waals surface area contributed by atoms with Gasteiger partial charge in [-0.1, -0.05) is 48.5 Å². The van der Waals surface area contributed by atoms with Gasteiger partial charge in [0.15, 0.2) is 0 Å². The van der Waals surface area contributed by atoms with E-state index < -0.39 is 6.09 Å². The largest absolute Gasteiger partial charge is 0.465 e. The number of benzene rings is 2. The molecule has 4 nitrogen and oxygen atoms in total. The predicted octanol–water partition coefficient (Wildman–Crippen LogP) is 4.01. The number of hydrogen-bond acceptors (Lipinski definition) is 2. The topological polar surface area (TPSA) is 52.6 Å². The molecule has 4 rings (SSSR count). The standard InChI is InChI=1S/C22H26N2O2/c25-22(26)24(15-20-18-10-11-19(20)14-23-13-18)21-9-5-4-8-17(21)12-16-6-2-1-3-7-16/h1-9,18-20,23H,10-15H2,(H,25,26). The van der Waals surface area contributed by atoms with Crippen LogP contribution in [0.15, 0.2) is 54.6 Å². The Kier molecular flexibility index (Phi) is 4.93. The van der Waals surface area contributed by atoms with Crippen LogP contribution in [-0.2, 0) is 6.42 Å². The first-order chi connectivity index (χ1) is 12.7. The third kappa shape index (κ3) is 3.47. The summed E-state index contributed by atoms with van der Waals surface area (Å²) in [6, 6.07) is 18.2. The zero-order valence-corrected chi connectivity index (χ0v) is 15.0. The lowest BCUT2D eigenvalue weighted by Crippen LogP contribution is -2.45. The van der Waals surface area contributed by atoms with Gasteiger partial charge in [-0.05, 0) is 67.3 Å². The molecular formula is C22H26N2O2. The van der Waals surface area contributed by atoms with E-state index in [1.54, 1.807) is 4.90 Å². The lowest BCUT2D eigenvalue weighted by Gasteiger charge is -2.34. The number of anilines is 1. The van der Waals surface area contributed by atoms with E-state index in [0.717, 1.165) is 30.8 Å². The smallest absolute Gasteiger partial charge is 0.411 e. The molecule has 2 fully saturated rings. The number of carboxylic acid groups (broad SMARTS) is 1. The second-order valence-corrected chi connectivity index (χ2v) is 7.60. The minimum Gasteiger partial charge on any atom is -0.465 e. The van der Waals surface area contributed by atoms with Crippen molar-refractivity contribution in [1.82, 2.24) is 5.32 Å². The van der Waals surface area contributed by atoms with E-state index in [0.29, 0.717) is 24.3 Å². The van der Waals surface area contributed by atoms with Crippen LogP contribution in [0.3, 0.4) is 0 Å². The Morgan fingerprint density at radius 3 is 2.35 bits per heavy atom. The molecule has 2 aliphatic rings. The van der Waals surface area contributed by atoms with Gasteiger partial charge in [0.1, 0.15) is 0 Å². The minimum atomic E-state index is -0.844. The number of fused-ring (bicyclic) bond motifs is 2. The quantitative estimate of drug-likeness (QED) is 0.857. The normalized spacial score (nSPS) is 24.4. The predicted molar refractivity (Wildman–Crippen MR) is 104 cm³/mol. The molecule has 2 aromatic carbocycles. The Labute approximate surface area is 154 Å². The van der Waals surface area contributed by atoms with Crippen LogP contribution in [0, 0.1) is 17.8 Å². The van der Waals surface area contributed by atoms with Crippen LogP contribution in [0.25, 0.3) is 0 Å². The van der Waals surface area contributed by atoms with E-state index in [1.807, 2.05) is 36.4 Å². The van der Waals surface area contributed by atoms with E-state index in [1.165, 1.54) is 18.4 Å². The molecule has 4 heteroatoms. The zero-order chi connectivity index (χ0) is 17.9. The van der Waals surface area contributed by atoms with Crippen molar-refractivity contribution in [2.24, 2.45) is 17.8 Å². The molecule has 1 amide bonds. The molecule has 2 atom stereocenters. The monoisotopic (exact) mass is 350 g/mol. The van der Waals surface area contributed by atoms with Gasteiger partial charge in [0.2, 0.25) is 0 Å². The second kappa shape index (κ2) is 7.50. The van der Waals surface area contributed by atoms with Gasteiger partial charge < -0.3 is 10.4 Å². The molecular weight excluding hydrogens is 324 g/mol. The SMILES string of the molecule is O=C(O)N(CC1C2CCC1CNC2)c1ccccc1Cc1ccccc1. The summed E-state index contributed by atoms with van der Waals surface area (Å²) in [7, 11) is 0. The van der Waals surface area contributed by atoms with Crippen LogP contribution >= 0.6 is 0 Å². The number of para-hydroxylation sites is 1. The molecule has 1 saturated heterocycles. The summed E-state index contributed by atoms with van der Waals surface area (Å²) in [4.78, 5) is 13.7. The van der Waals surface area contributed by atoms with Gasteiger partial charge in [-0.2, -0.15) is 0 Å². The summed E-state index contributed by atoms with van der Waals surface area (Å²) in [5.41, 5.74) is 3.11. The van der Waals surface area contributed by atoms with E-state index in [4.69, 9.17) is 0 Å². The molecule has 2 bridgehead atoms. The van der Waals surface area contributed by atoms with Crippen LogP contribution in [0.2, 0.25) is 0 Å². The summed E-state index contributed by atoms with van der Waals surface area (Å²) >= 11 is 0. The van der Waals surface area contributed by atoms with E-state index in [-0.39, 0.29) is 0 Å². The summed E-state index contributed by atoms with van der Waals surface area (Å²) in [5, 5.41) is 13.4. The maximum absolute atomic E-state index is 12.1. The Morgan fingerprint density at radius 1 is 1.00 bits per heavy atom. The highest BCUT2D eigenvalue weighted by atomic mass is 16.4. The van der Waals surface area contributed by atoms with E-state index in [2.05, 4.69) is 23.5 Å². The molecule has 1 aliphatic carbocycles. The maximum Gasteiger partial charge on any atom is 0.411 e. The Balaban J connectivity index is 1.60. The number of amides is 1. The highest BCUT2D eigenvalue weighted by Crippen LogP contribution is 2.40. The van der Waals surface area contributed by atoms with Crippen molar-refractivity contribution in [2.45, 2.75) is 19.3 Å². The number of nitrogens with one attached hydrogen (secondary N) is 1. The van der Waals surface area contributed by atoms with E-state index in [9.17, 15) is 9.90 Å². The number of rotatable bonds is 5. The molecule has 0 aromatic heterocycles. The second-order valence-electron chi connectivity index (χ2n) is 7.60. The molecule has 2 aromatic rings. The van der Waals surface area contributed by atoms with Gasteiger partial charge in [0.05, 0.1) is 5.69 Å². The van der Waals surface area contributed by atoms with Crippen molar-refractivity contribution in [3.63, 3.8) is 0 Å². The van der Waals surface area contributed by atoms with E-state index >= 15 is 0 Å². The molecule has 1 heterocycles. The average Bonchev–Trinajstić information content (AvgIpc) is 2.87. The van der Waals surface area contributed by atoms with Gasteiger partial charge >= 0.3 is 6.09 Å². The lowest BCUT2D eigenvalue weighted by atomic mass is 9.85. The minimum absolute atomic E-state index is 0.470. The summed E-state index contributed by atoms with van der Waals surface area (Å²) in [6.07, 6.45) is 2.35. The van der Waals surface area contributed by atoms with Gasteiger partial charge in [-0.15, -0.1) is 0 Å². The Bertz CT molecular complexity index is 746. The first kappa shape index (κ1) is 17.1. The fraction of sp³-hybridized carbons (Fsp3) is 0.409. The summed E-state index contributed by atoms with van der Waals surface area (Å²) < 4.78 is 0. The molecule has 0 spiro atoms. The van der Waals surface area contributed by atoms with Crippen molar-refractivity contribution in [3.05, 3.63) is 65.7 Å². The van der Waals surface area contributed by atoms with Crippen molar-refractivity contribution < 1.29 is 9.90 Å². The molecule has 136 valence electrons. The number of hydrogen-bond donors (Lipinski definition) is 2. The molecule has 2 unspecified atom stereocenters. The fourth-order valence-electron chi connectivity index (χ4n) is 4.73. The van der Waals surface area contributed by atoms with Gasteiger partial charge in [0, 0.05) is 6.54 Å².